The minimum Gasteiger partial charge on any atom is -0.480 e. The Morgan fingerprint density at radius 2 is 1.76 bits per heavy atom. The second-order valence-electron chi connectivity index (χ2n) is 10.3. The average Bonchev–Trinajstić information content (AvgIpc) is 3.26. The van der Waals surface area contributed by atoms with Crippen LogP contribution in [0, 0.1) is 17.8 Å². The summed E-state index contributed by atoms with van der Waals surface area (Å²) in [5.74, 6) is -1.62. The third-order valence-corrected chi connectivity index (χ3v) is 8.01. The van der Waals surface area contributed by atoms with E-state index in [0.29, 0.717) is 17.9 Å². The molecule has 0 aromatic carbocycles. The number of nitrogens with zero attached hydrogens (tertiary/aromatic N) is 1. The molecule has 8 unspecified atom stereocenters. The number of ether oxygens (including phenoxy) is 2. The van der Waals surface area contributed by atoms with Gasteiger partial charge in [-0.1, -0.05) is 65.5 Å². The highest BCUT2D eigenvalue weighted by atomic mass is 16.5. The van der Waals surface area contributed by atoms with Crippen LogP contribution in [-0.4, -0.2) is 72.3 Å². The van der Waals surface area contributed by atoms with Crippen LogP contribution >= 0.6 is 0 Å². The number of hydrogen-bond donors (Lipinski definition) is 2. The van der Waals surface area contributed by atoms with Crippen molar-refractivity contribution in [3.05, 3.63) is 37.0 Å². The Morgan fingerprint density at radius 3 is 2.24 bits per heavy atom. The second kappa shape index (κ2) is 15.7. The molecule has 37 heavy (non-hydrogen) atoms. The number of rotatable bonds is 16. The highest BCUT2D eigenvalue weighted by Gasteiger charge is 2.44. The zero-order valence-electron chi connectivity index (χ0n) is 23.7. The van der Waals surface area contributed by atoms with Crippen molar-refractivity contribution in [2.45, 2.75) is 97.1 Å². The molecule has 2 amide bonds. The minimum absolute atomic E-state index is 0.00720. The predicted octanol–water partition coefficient (Wildman–Crippen LogP) is 4.36. The van der Waals surface area contributed by atoms with Crippen LogP contribution in [0.15, 0.2) is 37.0 Å². The van der Waals surface area contributed by atoms with Crippen molar-refractivity contribution in [1.82, 2.24) is 10.2 Å². The van der Waals surface area contributed by atoms with Gasteiger partial charge in [0, 0.05) is 26.7 Å². The first-order chi connectivity index (χ1) is 17.5. The summed E-state index contributed by atoms with van der Waals surface area (Å²) in [5.41, 5.74) is 0.652. The molecule has 1 saturated heterocycles. The summed E-state index contributed by atoms with van der Waals surface area (Å²) in [6.45, 7) is 17.5. The molecule has 8 atom stereocenters. The Bertz CT molecular complexity index is 825. The number of carbonyl (C=O) groups excluding carboxylic acids is 2. The first-order valence-corrected chi connectivity index (χ1v) is 13.3. The van der Waals surface area contributed by atoms with E-state index in [1.807, 2.05) is 11.8 Å². The van der Waals surface area contributed by atoms with E-state index >= 15 is 0 Å². The van der Waals surface area contributed by atoms with Gasteiger partial charge < -0.3 is 24.8 Å². The number of nitrogens with one attached hydrogen (secondary N) is 1. The number of allylic oxidation sites excluding steroid dienone is 3. The minimum atomic E-state index is -1.14. The van der Waals surface area contributed by atoms with Gasteiger partial charge in [0.2, 0.25) is 11.8 Å². The highest BCUT2D eigenvalue weighted by Crippen LogP contribution is 2.32. The van der Waals surface area contributed by atoms with Gasteiger partial charge in [0.05, 0.1) is 30.6 Å². The third-order valence-electron chi connectivity index (χ3n) is 8.01. The lowest BCUT2D eigenvalue weighted by molar-refractivity contribution is -0.146. The number of aliphatic carboxylic acids is 1. The molecule has 2 N–H and O–H groups in total. The number of amides is 2. The monoisotopic (exact) mass is 520 g/mol. The van der Waals surface area contributed by atoms with Crippen LogP contribution in [0.25, 0.3) is 0 Å². The van der Waals surface area contributed by atoms with E-state index < -0.39 is 29.9 Å². The molecule has 1 aliphatic heterocycles. The van der Waals surface area contributed by atoms with Crippen LogP contribution < -0.4 is 5.32 Å². The normalized spacial score (nSPS) is 22.9. The lowest BCUT2D eigenvalue weighted by Gasteiger charge is -2.37. The Balaban J connectivity index is 3.06. The van der Waals surface area contributed by atoms with Gasteiger partial charge in [-0.05, 0) is 37.2 Å². The van der Waals surface area contributed by atoms with Crippen LogP contribution in [0.1, 0.15) is 66.7 Å². The SMILES string of the molecule is C=C/C=C(\C=C)CC(NC(=O)C(C)C(OC)C1CCC(C)N1C(=O)CC(OC)C(C)C(C)CC)C(=O)O. The van der Waals surface area contributed by atoms with Crippen molar-refractivity contribution >= 4 is 17.8 Å². The van der Waals surface area contributed by atoms with E-state index in [2.05, 4.69) is 39.2 Å². The molecule has 210 valence electrons. The highest BCUT2D eigenvalue weighted by molar-refractivity contribution is 5.85. The summed E-state index contributed by atoms with van der Waals surface area (Å²) < 4.78 is 11.5. The van der Waals surface area contributed by atoms with Crippen LogP contribution in [0.2, 0.25) is 0 Å². The molecule has 1 heterocycles. The topological polar surface area (TPSA) is 105 Å². The Hall–Kier alpha value is -2.45. The van der Waals surface area contributed by atoms with Crippen LogP contribution in [0.4, 0.5) is 0 Å². The Labute approximate surface area is 223 Å². The van der Waals surface area contributed by atoms with Crippen molar-refractivity contribution in [2.24, 2.45) is 17.8 Å². The maximum absolute atomic E-state index is 13.5. The van der Waals surface area contributed by atoms with Gasteiger partial charge in [-0.15, -0.1) is 0 Å². The van der Waals surface area contributed by atoms with Crippen molar-refractivity contribution in [3.8, 4) is 0 Å². The van der Waals surface area contributed by atoms with Gasteiger partial charge in [0.1, 0.15) is 6.04 Å². The van der Waals surface area contributed by atoms with E-state index in [0.717, 1.165) is 12.8 Å². The summed E-state index contributed by atoms with van der Waals surface area (Å²) in [5, 5.41) is 12.3. The van der Waals surface area contributed by atoms with Gasteiger partial charge in [-0.25, -0.2) is 4.79 Å². The molecule has 1 fully saturated rings. The van der Waals surface area contributed by atoms with E-state index in [9.17, 15) is 19.5 Å². The summed E-state index contributed by atoms with van der Waals surface area (Å²) in [6, 6.07) is -1.41. The molecular weight excluding hydrogens is 472 g/mol. The summed E-state index contributed by atoms with van der Waals surface area (Å²) >= 11 is 0. The largest absolute Gasteiger partial charge is 0.480 e. The molecule has 0 aromatic heterocycles. The van der Waals surface area contributed by atoms with E-state index in [4.69, 9.17) is 9.47 Å². The van der Waals surface area contributed by atoms with E-state index in [1.165, 1.54) is 7.11 Å². The fraction of sp³-hybridized carbons (Fsp3) is 0.690. The van der Waals surface area contributed by atoms with Crippen molar-refractivity contribution in [2.75, 3.05) is 14.2 Å². The molecule has 0 radical (unpaired) electrons. The number of carboxylic acid groups (broad SMARTS) is 1. The molecule has 1 rings (SSSR count). The van der Waals surface area contributed by atoms with Crippen LogP contribution in [0.5, 0.6) is 0 Å². The zero-order valence-corrected chi connectivity index (χ0v) is 23.7. The van der Waals surface area contributed by atoms with Gasteiger partial charge in [-0.3, -0.25) is 9.59 Å². The second-order valence-corrected chi connectivity index (χ2v) is 10.3. The fourth-order valence-corrected chi connectivity index (χ4v) is 5.22. The van der Waals surface area contributed by atoms with E-state index in [1.54, 1.807) is 32.3 Å². The molecule has 0 aliphatic carbocycles. The Morgan fingerprint density at radius 1 is 1.11 bits per heavy atom. The molecule has 0 bridgehead atoms. The van der Waals surface area contributed by atoms with Gasteiger partial charge >= 0.3 is 5.97 Å². The lowest BCUT2D eigenvalue weighted by atomic mass is 9.87. The number of methoxy groups -OCH3 is 2. The molecular formula is C29H48N2O6. The average molecular weight is 521 g/mol. The van der Waals surface area contributed by atoms with Crippen molar-refractivity contribution < 1.29 is 29.0 Å². The molecule has 0 spiro atoms. The first-order valence-electron chi connectivity index (χ1n) is 13.3. The fourth-order valence-electron chi connectivity index (χ4n) is 5.22. The maximum atomic E-state index is 13.5. The first kappa shape index (κ1) is 32.6. The molecule has 0 saturated carbocycles. The van der Waals surface area contributed by atoms with Gasteiger partial charge in [0.15, 0.2) is 0 Å². The molecule has 1 aliphatic rings. The third kappa shape index (κ3) is 8.82. The van der Waals surface area contributed by atoms with Crippen LogP contribution in [0.3, 0.4) is 0 Å². The maximum Gasteiger partial charge on any atom is 0.326 e. The van der Waals surface area contributed by atoms with Gasteiger partial charge in [0.25, 0.3) is 0 Å². The summed E-state index contributed by atoms with van der Waals surface area (Å²) in [4.78, 5) is 40.4. The standard InChI is InChI=1S/C29H48N2O6/c1-10-13-22(12-3)16-23(29(34)35)30-28(33)21(7)27(37-9)24-15-14-19(5)31(24)26(32)17-25(36-8)20(6)18(4)11-2/h10,12-13,18-21,23-25,27H,1,3,11,14-17H2,2,4-9H3,(H,30,33)(H,34,35)/b22-13+. The zero-order chi connectivity index (χ0) is 28.3. The van der Waals surface area contributed by atoms with Gasteiger partial charge in [-0.2, -0.15) is 0 Å². The number of carboxylic acids is 1. The number of likely N-dealkylation sites (tertiary alicyclic amines) is 1. The molecule has 8 heteroatoms. The number of hydrogen-bond acceptors (Lipinski definition) is 5. The Kier molecular flexibility index (Phi) is 13.8. The quantitative estimate of drug-likeness (QED) is 0.293. The van der Waals surface area contributed by atoms with Crippen molar-refractivity contribution in [3.63, 3.8) is 0 Å². The summed E-state index contributed by atoms with van der Waals surface area (Å²) in [7, 11) is 3.17. The molecule has 8 nitrogen and oxygen atoms in total. The lowest BCUT2D eigenvalue weighted by Crippen LogP contribution is -2.53. The number of carbonyl (C=O) groups is 3. The van der Waals surface area contributed by atoms with Crippen molar-refractivity contribution in [1.29, 1.82) is 0 Å². The predicted molar refractivity (Wildman–Crippen MR) is 146 cm³/mol. The molecule has 0 aromatic rings. The van der Waals surface area contributed by atoms with Crippen LogP contribution in [-0.2, 0) is 23.9 Å². The summed E-state index contributed by atoms with van der Waals surface area (Å²) in [6.07, 6.45) is 6.83. The smallest absolute Gasteiger partial charge is 0.326 e. The van der Waals surface area contributed by atoms with E-state index in [-0.39, 0.29) is 42.9 Å².